The van der Waals surface area contributed by atoms with Gasteiger partial charge < -0.3 is 9.84 Å². The van der Waals surface area contributed by atoms with Crippen LogP contribution in [0.5, 0.6) is 0 Å². The zero-order valence-corrected chi connectivity index (χ0v) is 12.5. The number of tetrazole rings is 1. The average Bonchev–Trinajstić information content (AvgIpc) is 3.10. The van der Waals surface area contributed by atoms with Crippen LogP contribution in [0.4, 0.5) is 0 Å². The number of nitrogens with one attached hydrogen (secondary N) is 1. The molecule has 0 fully saturated rings. The summed E-state index contributed by atoms with van der Waals surface area (Å²) in [5.41, 5.74) is 1.42. The van der Waals surface area contributed by atoms with Crippen molar-refractivity contribution >= 4 is 17.7 Å². The Balaban J connectivity index is 1.50. The van der Waals surface area contributed by atoms with Crippen LogP contribution in [-0.4, -0.2) is 43.6 Å². The zero-order chi connectivity index (χ0) is 14.7. The van der Waals surface area contributed by atoms with Crippen molar-refractivity contribution in [3.8, 4) is 0 Å². The van der Waals surface area contributed by atoms with E-state index in [2.05, 4.69) is 26.0 Å². The van der Waals surface area contributed by atoms with Crippen molar-refractivity contribution in [3.63, 3.8) is 0 Å². The van der Waals surface area contributed by atoms with Crippen LogP contribution in [0.3, 0.4) is 0 Å². The molecular weight excluding hydrogens is 292 g/mol. The number of rotatable bonds is 5. The van der Waals surface area contributed by atoms with Crippen LogP contribution in [0.25, 0.3) is 0 Å². The lowest BCUT2D eigenvalue weighted by Crippen LogP contribution is -2.27. The first-order valence-corrected chi connectivity index (χ1v) is 7.85. The Labute approximate surface area is 125 Å². The highest BCUT2D eigenvalue weighted by Crippen LogP contribution is 2.24. The van der Waals surface area contributed by atoms with Gasteiger partial charge in [0, 0.05) is 31.3 Å². The van der Waals surface area contributed by atoms with Gasteiger partial charge in [0.05, 0.1) is 0 Å². The lowest BCUT2D eigenvalue weighted by atomic mass is 9.96. The second-order valence-electron chi connectivity index (χ2n) is 4.83. The fourth-order valence-electron chi connectivity index (χ4n) is 2.30. The molecule has 1 aliphatic rings. The first kappa shape index (κ1) is 14.1. The molecule has 2 aromatic heterocycles. The van der Waals surface area contributed by atoms with Gasteiger partial charge in [0.1, 0.15) is 5.76 Å². The van der Waals surface area contributed by atoms with Crippen LogP contribution >= 0.6 is 11.8 Å². The number of carbonyl (C=O) groups is 1. The first-order valence-electron chi connectivity index (χ1n) is 6.86. The Hall–Kier alpha value is -1.90. The van der Waals surface area contributed by atoms with E-state index < -0.39 is 0 Å². The first-order chi connectivity index (χ1) is 10.3. The van der Waals surface area contributed by atoms with Gasteiger partial charge >= 0.3 is 0 Å². The summed E-state index contributed by atoms with van der Waals surface area (Å²) in [5.74, 6) is 1.39. The van der Waals surface area contributed by atoms with Crippen molar-refractivity contribution in [2.75, 3.05) is 12.3 Å². The molecule has 0 saturated heterocycles. The Morgan fingerprint density at radius 3 is 3.10 bits per heavy atom. The minimum Gasteiger partial charge on any atom is -0.360 e. The molecule has 0 atom stereocenters. The highest BCUT2D eigenvalue weighted by molar-refractivity contribution is 7.99. The number of thioether (sulfide) groups is 1. The number of aromatic nitrogens is 5. The summed E-state index contributed by atoms with van der Waals surface area (Å²) in [4.78, 5) is 12.1. The summed E-state index contributed by atoms with van der Waals surface area (Å²) in [6, 6.07) is 0. The van der Waals surface area contributed by atoms with E-state index in [1.165, 1.54) is 11.8 Å². The number of aryl methyl sites for hydroxylation is 2. The molecule has 0 aromatic carbocycles. The van der Waals surface area contributed by atoms with Crippen molar-refractivity contribution < 1.29 is 9.32 Å². The highest BCUT2D eigenvalue weighted by Gasteiger charge is 2.23. The molecule has 0 saturated carbocycles. The second kappa shape index (κ2) is 6.25. The van der Waals surface area contributed by atoms with Gasteiger partial charge in [-0.25, -0.2) is 4.68 Å². The van der Waals surface area contributed by atoms with Crippen LogP contribution in [-0.2, 0) is 19.9 Å². The van der Waals surface area contributed by atoms with E-state index in [0.717, 1.165) is 42.2 Å². The molecule has 8 nitrogen and oxygen atoms in total. The normalized spacial score (nSPS) is 14.0. The molecule has 1 aliphatic carbocycles. The van der Waals surface area contributed by atoms with Gasteiger partial charge in [-0.15, -0.1) is 5.10 Å². The molecule has 112 valence electrons. The third-order valence-electron chi connectivity index (χ3n) is 3.37. The van der Waals surface area contributed by atoms with Crippen LogP contribution in [0.15, 0.2) is 9.68 Å². The lowest BCUT2D eigenvalue weighted by molar-refractivity contribution is 0.0946. The number of fused-ring (bicyclic) bond motifs is 1. The van der Waals surface area contributed by atoms with Gasteiger partial charge in [-0.1, -0.05) is 16.9 Å². The molecule has 0 radical (unpaired) electrons. The Kier molecular flexibility index (Phi) is 4.18. The molecule has 9 heteroatoms. The molecule has 2 heterocycles. The van der Waals surface area contributed by atoms with Gasteiger partial charge in [-0.05, 0) is 29.7 Å². The third-order valence-corrected chi connectivity index (χ3v) is 4.38. The minimum absolute atomic E-state index is 0.168. The lowest BCUT2D eigenvalue weighted by Gasteiger charge is -2.09. The maximum atomic E-state index is 12.1. The standard InChI is InChI=1S/C12H16N6O2S/c1-18-12(14-16-17-18)21-7-6-13-11(19)10-8-4-2-3-5-9(8)20-15-10/h2-7H2,1H3,(H,13,19). The molecule has 0 aliphatic heterocycles. The molecule has 3 rings (SSSR count). The smallest absolute Gasteiger partial charge is 0.273 e. The van der Waals surface area contributed by atoms with Crippen LogP contribution in [0.1, 0.15) is 34.7 Å². The van der Waals surface area contributed by atoms with E-state index in [9.17, 15) is 4.79 Å². The molecule has 2 aromatic rings. The summed E-state index contributed by atoms with van der Waals surface area (Å²) in [6.45, 7) is 0.526. The van der Waals surface area contributed by atoms with E-state index in [4.69, 9.17) is 4.52 Å². The molecule has 1 amide bonds. The highest BCUT2D eigenvalue weighted by atomic mass is 32.2. The minimum atomic E-state index is -0.168. The molecular formula is C12H16N6O2S. The molecule has 0 unspecified atom stereocenters. The summed E-state index contributed by atoms with van der Waals surface area (Å²) in [6.07, 6.45) is 3.95. The van der Waals surface area contributed by atoms with Gasteiger partial charge in [-0.3, -0.25) is 4.79 Å². The predicted molar refractivity (Wildman–Crippen MR) is 75.0 cm³/mol. The van der Waals surface area contributed by atoms with Crippen LogP contribution in [0, 0.1) is 0 Å². The summed E-state index contributed by atoms with van der Waals surface area (Å²) >= 11 is 1.49. The van der Waals surface area contributed by atoms with E-state index in [1.54, 1.807) is 11.7 Å². The van der Waals surface area contributed by atoms with Crippen LogP contribution < -0.4 is 5.32 Å². The van der Waals surface area contributed by atoms with Crippen LogP contribution in [0.2, 0.25) is 0 Å². The molecule has 1 N–H and O–H groups in total. The van der Waals surface area contributed by atoms with Gasteiger partial charge in [0.2, 0.25) is 5.16 Å². The summed E-state index contributed by atoms with van der Waals surface area (Å²) < 4.78 is 6.84. The maximum Gasteiger partial charge on any atom is 0.273 e. The number of carbonyl (C=O) groups excluding carboxylic acids is 1. The van der Waals surface area contributed by atoms with Crippen molar-refractivity contribution in [3.05, 3.63) is 17.0 Å². The molecule has 0 bridgehead atoms. The maximum absolute atomic E-state index is 12.1. The van der Waals surface area contributed by atoms with Crippen molar-refractivity contribution in [2.45, 2.75) is 30.8 Å². The summed E-state index contributed by atoms with van der Waals surface area (Å²) in [7, 11) is 1.78. The fraction of sp³-hybridized carbons (Fsp3) is 0.583. The fourth-order valence-corrected chi connectivity index (χ4v) is 3.00. The molecule has 21 heavy (non-hydrogen) atoms. The van der Waals surface area contributed by atoms with E-state index in [1.807, 2.05) is 0 Å². The Morgan fingerprint density at radius 2 is 2.29 bits per heavy atom. The summed E-state index contributed by atoms with van der Waals surface area (Å²) in [5, 5.41) is 18.7. The second-order valence-corrected chi connectivity index (χ2v) is 5.89. The van der Waals surface area contributed by atoms with Crippen molar-refractivity contribution in [1.82, 2.24) is 30.7 Å². The number of hydrogen-bond donors (Lipinski definition) is 1. The van der Waals surface area contributed by atoms with E-state index in [-0.39, 0.29) is 5.91 Å². The topological polar surface area (TPSA) is 98.7 Å². The largest absolute Gasteiger partial charge is 0.360 e. The van der Waals surface area contributed by atoms with Gasteiger partial charge in [0.15, 0.2) is 5.69 Å². The number of nitrogens with zero attached hydrogens (tertiary/aromatic N) is 5. The quantitative estimate of drug-likeness (QED) is 0.638. The van der Waals surface area contributed by atoms with Crippen molar-refractivity contribution in [1.29, 1.82) is 0 Å². The third kappa shape index (κ3) is 3.07. The Morgan fingerprint density at radius 1 is 1.43 bits per heavy atom. The van der Waals surface area contributed by atoms with E-state index >= 15 is 0 Å². The van der Waals surface area contributed by atoms with Gasteiger partial charge in [0.25, 0.3) is 5.91 Å². The zero-order valence-electron chi connectivity index (χ0n) is 11.7. The SMILES string of the molecule is Cn1nnnc1SCCNC(=O)c1noc2c1CCCC2. The van der Waals surface area contributed by atoms with Gasteiger partial charge in [-0.2, -0.15) is 0 Å². The predicted octanol–water partition coefficient (Wildman–Crippen LogP) is 0.599. The Bertz CT molecular complexity index is 637. The molecule has 0 spiro atoms. The van der Waals surface area contributed by atoms with E-state index in [0.29, 0.717) is 18.0 Å². The number of amides is 1. The average molecular weight is 308 g/mol. The number of hydrogen-bond acceptors (Lipinski definition) is 7. The monoisotopic (exact) mass is 308 g/mol. The van der Waals surface area contributed by atoms with Crippen molar-refractivity contribution in [2.24, 2.45) is 7.05 Å².